The zero-order valence-corrected chi connectivity index (χ0v) is 29.2. The molecule has 3 amide bonds. The van der Waals surface area contributed by atoms with Gasteiger partial charge in [-0.3, -0.25) is 9.52 Å². The standard InChI is InChI=1S/C34H47N5O8S/c1-22-19-39(23(2)21-40)33(41)29-18-27(37-48(43,44)28-13-8-7-9-14-28)15-16-30(29)46-24(3)12-10-11-17-45-31(22)20-38(6)34(42)35-32-25(4)36-47-26(32)5/h7-9,13-16,18,22-24,31,37,40H,10-12,17,19-21H2,1-6H3,(H,35,42)/t22-,23-,24+,31+/m0/s1. The van der Waals surface area contributed by atoms with Crippen LogP contribution >= 0.6 is 0 Å². The second-order valence-corrected chi connectivity index (χ2v) is 14.1. The number of anilines is 2. The van der Waals surface area contributed by atoms with Crippen LogP contribution in [0, 0.1) is 19.8 Å². The Kier molecular flexibility index (Phi) is 12.5. The predicted octanol–water partition coefficient (Wildman–Crippen LogP) is 5.05. The molecule has 2 aromatic carbocycles. The molecular formula is C34H47N5O8S. The van der Waals surface area contributed by atoms with Crippen molar-refractivity contribution in [3.05, 3.63) is 65.5 Å². The van der Waals surface area contributed by atoms with Gasteiger partial charge in [-0.05, 0) is 77.3 Å². The van der Waals surface area contributed by atoms with Crippen molar-refractivity contribution in [2.75, 3.05) is 43.4 Å². The second-order valence-electron chi connectivity index (χ2n) is 12.4. The van der Waals surface area contributed by atoms with Crippen LogP contribution in [0.15, 0.2) is 57.9 Å². The Morgan fingerprint density at radius 1 is 1.15 bits per heavy atom. The van der Waals surface area contributed by atoms with E-state index in [1.165, 1.54) is 23.1 Å². The fourth-order valence-electron chi connectivity index (χ4n) is 5.48. The van der Waals surface area contributed by atoms with Crippen molar-refractivity contribution in [1.29, 1.82) is 0 Å². The number of carbonyl (C=O) groups is 2. The number of hydrogen-bond donors (Lipinski definition) is 3. The quantitative estimate of drug-likeness (QED) is 0.294. The molecule has 0 bridgehead atoms. The summed E-state index contributed by atoms with van der Waals surface area (Å²) in [6, 6.07) is 11.6. The van der Waals surface area contributed by atoms with Gasteiger partial charge < -0.3 is 34.2 Å². The maximum absolute atomic E-state index is 14.4. The zero-order valence-electron chi connectivity index (χ0n) is 28.4. The van der Waals surface area contributed by atoms with Gasteiger partial charge in [0.05, 0.1) is 35.3 Å². The Hall–Kier alpha value is -4.14. The molecule has 0 radical (unpaired) electrons. The summed E-state index contributed by atoms with van der Waals surface area (Å²) in [5.41, 5.74) is 1.44. The fraction of sp³-hybridized carbons (Fsp3) is 0.500. The summed E-state index contributed by atoms with van der Waals surface area (Å²) in [5, 5.41) is 17.0. The van der Waals surface area contributed by atoms with Crippen molar-refractivity contribution in [2.45, 2.75) is 77.0 Å². The van der Waals surface area contributed by atoms with Crippen molar-refractivity contribution in [2.24, 2.45) is 5.92 Å². The molecule has 1 aliphatic heterocycles. The zero-order chi connectivity index (χ0) is 35.0. The third-order valence-electron chi connectivity index (χ3n) is 8.42. The van der Waals surface area contributed by atoms with E-state index in [1.54, 1.807) is 63.1 Å². The van der Waals surface area contributed by atoms with E-state index in [0.29, 0.717) is 35.9 Å². The minimum absolute atomic E-state index is 0.0852. The Morgan fingerprint density at radius 2 is 1.88 bits per heavy atom. The number of nitrogens with one attached hydrogen (secondary N) is 2. The number of nitrogens with zero attached hydrogens (tertiary/aromatic N) is 3. The summed E-state index contributed by atoms with van der Waals surface area (Å²) in [6.07, 6.45) is 1.55. The largest absolute Gasteiger partial charge is 0.490 e. The van der Waals surface area contributed by atoms with Gasteiger partial charge in [-0.2, -0.15) is 0 Å². The van der Waals surface area contributed by atoms with Crippen molar-refractivity contribution < 1.29 is 37.1 Å². The number of urea groups is 1. The highest BCUT2D eigenvalue weighted by atomic mass is 32.2. The Labute approximate surface area is 282 Å². The number of aliphatic hydroxyl groups is 1. The van der Waals surface area contributed by atoms with Crippen molar-refractivity contribution in [3.8, 4) is 5.75 Å². The Morgan fingerprint density at radius 3 is 2.54 bits per heavy atom. The van der Waals surface area contributed by atoms with Crippen LogP contribution < -0.4 is 14.8 Å². The maximum Gasteiger partial charge on any atom is 0.321 e. The molecule has 1 aliphatic rings. The lowest BCUT2D eigenvalue weighted by molar-refractivity contribution is -0.0115. The molecule has 0 spiro atoms. The smallest absolute Gasteiger partial charge is 0.321 e. The van der Waals surface area contributed by atoms with Crippen LogP contribution in [0.1, 0.15) is 61.8 Å². The Bertz CT molecular complexity index is 1630. The van der Waals surface area contributed by atoms with E-state index in [2.05, 4.69) is 15.2 Å². The lowest BCUT2D eigenvalue weighted by Crippen LogP contribution is -2.48. The van der Waals surface area contributed by atoms with E-state index >= 15 is 0 Å². The van der Waals surface area contributed by atoms with Gasteiger partial charge in [0.15, 0.2) is 5.76 Å². The van der Waals surface area contributed by atoms with Crippen LogP contribution in [0.5, 0.6) is 5.75 Å². The molecule has 1 aromatic heterocycles. The molecule has 3 N–H and O–H groups in total. The highest BCUT2D eigenvalue weighted by Gasteiger charge is 2.31. The molecule has 14 heteroatoms. The summed E-state index contributed by atoms with van der Waals surface area (Å²) in [4.78, 5) is 30.7. The Balaban J connectivity index is 1.63. The molecular weight excluding hydrogens is 638 g/mol. The minimum Gasteiger partial charge on any atom is -0.490 e. The van der Waals surface area contributed by atoms with Gasteiger partial charge in [0.25, 0.3) is 15.9 Å². The molecule has 4 atom stereocenters. The number of amides is 3. The third-order valence-corrected chi connectivity index (χ3v) is 9.82. The van der Waals surface area contributed by atoms with Crippen LogP contribution in [-0.4, -0.2) is 92.0 Å². The third kappa shape index (κ3) is 9.26. The summed E-state index contributed by atoms with van der Waals surface area (Å²) >= 11 is 0. The normalized spacial score (nSPS) is 20.2. The van der Waals surface area contributed by atoms with Gasteiger partial charge in [0.1, 0.15) is 17.1 Å². The van der Waals surface area contributed by atoms with Crippen molar-refractivity contribution >= 4 is 33.3 Å². The number of rotatable bonds is 8. The van der Waals surface area contributed by atoms with Gasteiger partial charge in [-0.25, -0.2) is 13.2 Å². The first kappa shape index (κ1) is 36.7. The fourth-order valence-corrected chi connectivity index (χ4v) is 6.55. The lowest BCUT2D eigenvalue weighted by atomic mass is 10.0. The number of aliphatic hydroxyl groups excluding tert-OH is 1. The first-order chi connectivity index (χ1) is 22.8. The van der Waals surface area contributed by atoms with Crippen molar-refractivity contribution in [3.63, 3.8) is 0 Å². The molecule has 0 saturated heterocycles. The summed E-state index contributed by atoms with van der Waals surface area (Å²) < 4.78 is 46.6. The first-order valence-corrected chi connectivity index (χ1v) is 17.7. The molecule has 13 nitrogen and oxygen atoms in total. The lowest BCUT2D eigenvalue weighted by Gasteiger charge is -2.35. The van der Waals surface area contributed by atoms with Crippen molar-refractivity contribution in [1.82, 2.24) is 15.0 Å². The van der Waals surface area contributed by atoms with E-state index in [0.717, 1.165) is 12.8 Å². The molecule has 3 aromatic rings. The molecule has 48 heavy (non-hydrogen) atoms. The molecule has 0 unspecified atom stereocenters. The molecule has 0 aliphatic carbocycles. The van der Waals surface area contributed by atoms with Crippen LogP contribution in [0.25, 0.3) is 0 Å². The average Bonchev–Trinajstić information content (AvgIpc) is 3.38. The SMILES string of the molecule is Cc1noc(C)c1NC(=O)N(C)C[C@H]1OCCCC[C@@H](C)Oc2ccc(NS(=O)(=O)c3ccccc3)cc2C(=O)N([C@@H](C)CO)C[C@@H]1C. The van der Waals surface area contributed by atoms with Gasteiger partial charge >= 0.3 is 6.03 Å². The molecule has 262 valence electrons. The number of likely N-dealkylation sites (N-methyl/N-ethyl adjacent to an activating group) is 1. The van der Waals surface area contributed by atoms with E-state index in [9.17, 15) is 23.1 Å². The second kappa shape index (κ2) is 16.3. The van der Waals surface area contributed by atoms with Crippen LogP contribution in [-0.2, 0) is 14.8 Å². The predicted molar refractivity (Wildman–Crippen MR) is 182 cm³/mol. The van der Waals surface area contributed by atoms with E-state index in [-0.39, 0.29) is 53.9 Å². The maximum atomic E-state index is 14.4. The topological polar surface area (TPSA) is 164 Å². The van der Waals surface area contributed by atoms with E-state index < -0.39 is 28.1 Å². The molecule has 4 rings (SSSR count). The monoisotopic (exact) mass is 685 g/mol. The number of aromatic nitrogens is 1. The number of fused-ring (bicyclic) bond motifs is 1. The highest BCUT2D eigenvalue weighted by molar-refractivity contribution is 7.92. The van der Waals surface area contributed by atoms with E-state index in [1.807, 2.05) is 13.8 Å². The number of benzene rings is 2. The van der Waals surface area contributed by atoms with Gasteiger partial charge in [-0.1, -0.05) is 30.3 Å². The summed E-state index contributed by atoms with van der Waals surface area (Å²) in [5.74, 6) is 0.104. The minimum atomic E-state index is -3.93. The number of hydrogen-bond acceptors (Lipinski definition) is 9. The van der Waals surface area contributed by atoms with Gasteiger partial charge in [-0.15, -0.1) is 0 Å². The van der Waals surface area contributed by atoms with Crippen LogP contribution in [0.4, 0.5) is 16.2 Å². The van der Waals surface area contributed by atoms with Crippen LogP contribution in [0.2, 0.25) is 0 Å². The number of ether oxygens (including phenoxy) is 2. The van der Waals surface area contributed by atoms with E-state index in [4.69, 9.17) is 14.0 Å². The van der Waals surface area contributed by atoms with Crippen LogP contribution in [0.3, 0.4) is 0 Å². The number of aryl methyl sites for hydroxylation is 2. The average molecular weight is 686 g/mol. The highest BCUT2D eigenvalue weighted by Crippen LogP contribution is 2.30. The summed E-state index contributed by atoms with van der Waals surface area (Å²) in [7, 11) is -2.26. The van der Waals surface area contributed by atoms with Gasteiger partial charge in [0, 0.05) is 38.3 Å². The van der Waals surface area contributed by atoms with Gasteiger partial charge in [0.2, 0.25) is 0 Å². The number of carbonyl (C=O) groups excluding carboxylic acids is 2. The summed E-state index contributed by atoms with van der Waals surface area (Å²) in [6.45, 7) is 9.60. The molecule has 0 fully saturated rings. The number of sulfonamides is 1. The first-order valence-electron chi connectivity index (χ1n) is 16.2. The molecule has 0 saturated carbocycles. The molecule has 2 heterocycles.